The number of alkyl carbamates (subject to hydrolysis) is 1. The summed E-state index contributed by atoms with van der Waals surface area (Å²) >= 11 is 0. The lowest BCUT2D eigenvalue weighted by Crippen LogP contribution is -2.53. The molecule has 3 rings (SSSR count). The summed E-state index contributed by atoms with van der Waals surface area (Å²) in [5, 5.41) is 15.5. The van der Waals surface area contributed by atoms with Crippen LogP contribution in [0.2, 0.25) is 0 Å². The minimum Gasteiger partial charge on any atom is -0.508 e. The van der Waals surface area contributed by atoms with Crippen LogP contribution in [0.3, 0.4) is 0 Å². The molecule has 2 unspecified atom stereocenters. The van der Waals surface area contributed by atoms with Gasteiger partial charge in [-0.3, -0.25) is 9.59 Å². The maximum atomic E-state index is 14.4. The summed E-state index contributed by atoms with van der Waals surface area (Å²) < 4.78 is 5.48. The van der Waals surface area contributed by atoms with Crippen molar-refractivity contribution in [2.24, 2.45) is 0 Å². The Labute approximate surface area is 242 Å². The third-order valence-electron chi connectivity index (χ3n) is 6.48. The zero-order chi connectivity index (χ0) is 30.0. The van der Waals surface area contributed by atoms with Gasteiger partial charge in [-0.2, -0.15) is 0 Å². The summed E-state index contributed by atoms with van der Waals surface area (Å²) in [5.74, 6) is -0.667. The van der Waals surface area contributed by atoms with Crippen LogP contribution in [-0.4, -0.2) is 46.1 Å². The number of nitrogens with one attached hydrogen (secondary N) is 2. The zero-order valence-corrected chi connectivity index (χ0v) is 24.5. The molecule has 0 saturated heterocycles. The minimum atomic E-state index is -1.02. The highest BCUT2D eigenvalue weighted by Crippen LogP contribution is 2.26. The number of ether oxygens (including phenoxy) is 1. The van der Waals surface area contributed by atoms with Gasteiger partial charge >= 0.3 is 6.09 Å². The molecular formula is C33H41N3O5. The van der Waals surface area contributed by atoms with Crippen LogP contribution >= 0.6 is 0 Å². The third-order valence-corrected chi connectivity index (χ3v) is 6.48. The van der Waals surface area contributed by atoms with Crippen LogP contribution in [0.1, 0.15) is 63.3 Å². The zero-order valence-electron chi connectivity index (χ0n) is 24.5. The lowest BCUT2D eigenvalue weighted by molar-refractivity contribution is -0.140. The van der Waals surface area contributed by atoms with Gasteiger partial charge < -0.3 is 25.4 Å². The molecule has 3 N–H and O–H groups in total. The summed E-state index contributed by atoms with van der Waals surface area (Å²) in [4.78, 5) is 42.8. The van der Waals surface area contributed by atoms with Crippen molar-refractivity contribution in [1.82, 2.24) is 10.2 Å². The molecular weight excluding hydrogens is 518 g/mol. The predicted octanol–water partition coefficient (Wildman–Crippen LogP) is 6.15. The number of phenolic OH excluding ortho intramolecular Hbond substituents is 1. The fourth-order valence-corrected chi connectivity index (χ4v) is 4.44. The van der Waals surface area contributed by atoms with Crippen LogP contribution in [0.4, 0.5) is 10.5 Å². The van der Waals surface area contributed by atoms with E-state index in [0.29, 0.717) is 24.2 Å². The highest BCUT2D eigenvalue weighted by atomic mass is 16.6. The fraction of sp³-hybridized carbons (Fsp3) is 0.364. The van der Waals surface area contributed by atoms with Crippen LogP contribution in [0.15, 0.2) is 78.9 Å². The average molecular weight is 560 g/mol. The van der Waals surface area contributed by atoms with Crippen molar-refractivity contribution in [2.75, 3.05) is 11.9 Å². The molecule has 0 aromatic heterocycles. The van der Waals surface area contributed by atoms with Crippen LogP contribution in [0, 0.1) is 6.92 Å². The topological polar surface area (TPSA) is 108 Å². The number of hydrogen-bond donors (Lipinski definition) is 3. The molecule has 0 spiro atoms. The molecule has 218 valence electrons. The molecule has 0 heterocycles. The fourth-order valence-electron chi connectivity index (χ4n) is 4.44. The highest BCUT2D eigenvalue weighted by Gasteiger charge is 2.36. The van der Waals surface area contributed by atoms with Gasteiger partial charge in [0.15, 0.2) is 0 Å². The molecule has 41 heavy (non-hydrogen) atoms. The van der Waals surface area contributed by atoms with Crippen LogP contribution in [-0.2, 0) is 20.7 Å². The number of phenols is 1. The van der Waals surface area contributed by atoms with Crippen molar-refractivity contribution in [3.63, 3.8) is 0 Å². The second kappa shape index (κ2) is 14.3. The number of nitrogens with zero attached hydrogens (tertiary/aromatic N) is 1. The Kier molecular flexibility index (Phi) is 10.9. The normalized spacial score (nSPS) is 12.6. The van der Waals surface area contributed by atoms with Gasteiger partial charge in [-0.15, -0.1) is 0 Å². The van der Waals surface area contributed by atoms with Crippen LogP contribution < -0.4 is 10.6 Å². The molecule has 8 nitrogen and oxygen atoms in total. The van der Waals surface area contributed by atoms with Gasteiger partial charge in [0.05, 0.1) is 0 Å². The summed E-state index contributed by atoms with van der Waals surface area (Å²) in [6.45, 7) is 9.47. The second-order valence-corrected chi connectivity index (χ2v) is 11.1. The Morgan fingerprint density at radius 1 is 0.927 bits per heavy atom. The van der Waals surface area contributed by atoms with E-state index in [0.717, 1.165) is 17.5 Å². The summed E-state index contributed by atoms with van der Waals surface area (Å²) in [7, 11) is 0. The SMILES string of the molecule is CCCCN(C(=O)C(Cc1ccc(O)cc1)NC(=O)OC(C)(C)C)C(C(=O)Nc1ccccc1C)c1ccccc1. The number of amides is 3. The molecule has 0 aliphatic heterocycles. The maximum absolute atomic E-state index is 14.4. The quantitative estimate of drug-likeness (QED) is 0.261. The van der Waals surface area contributed by atoms with E-state index in [9.17, 15) is 19.5 Å². The highest BCUT2D eigenvalue weighted by molar-refractivity contribution is 5.99. The number of benzene rings is 3. The summed E-state index contributed by atoms with van der Waals surface area (Å²) in [6, 6.07) is 21.1. The molecule has 3 amide bonds. The second-order valence-electron chi connectivity index (χ2n) is 11.1. The number of hydrogen-bond acceptors (Lipinski definition) is 5. The number of carbonyl (C=O) groups excluding carboxylic acids is 3. The predicted molar refractivity (Wildman–Crippen MR) is 161 cm³/mol. The molecule has 2 atom stereocenters. The molecule has 3 aromatic rings. The van der Waals surface area contributed by atoms with Gasteiger partial charge in [0.2, 0.25) is 5.91 Å². The number of aromatic hydroxyl groups is 1. The van der Waals surface area contributed by atoms with Gasteiger partial charge in [0.25, 0.3) is 5.91 Å². The lowest BCUT2D eigenvalue weighted by atomic mass is 9.99. The van der Waals surface area contributed by atoms with E-state index in [-0.39, 0.29) is 18.1 Å². The van der Waals surface area contributed by atoms with Crippen molar-refractivity contribution < 1.29 is 24.2 Å². The monoisotopic (exact) mass is 559 g/mol. The van der Waals surface area contributed by atoms with E-state index >= 15 is 0 Å². The molecule has 0 radical (unpaired) electrons. The third kappa shape index (κ3) is 9.38. The molecule has 8 heteroatoms. The van der Waals surface area contributed by atoms with Gasteiger partial charge in [-0.05, 0) is 69.0 Å². The van der Waals surface area contributed by atoms with Crippen molar-refractivity contribution in [1.29, 1.82) is 0 Å². The first-order valence-corrected chi connectivity index (χ1v) is 14.0. The number of unbranched alkanes of at least 4 members (excludes halogenated alkanes) is 1. The maximum Gasteiger partial charge on any atom is 0.408 e. The van der Waals surface area contributed by atoms with E-state index in [1.807, 2.05) is 68.4 Å². The Balaban J connectivity index is 2.03. The van der Waals surface area contributed by atoms with Gasteiger partial charge in [0, 0.05) is 18.7 Å². The standard InChI is InChI=1S/C33H41N3O5/c1-6-7-21-36(29(25-14-9-8-10-15-25)30(38)34-27-16-12-11-13-23(27)2)31(39)28(35-32(40)41-33(3,4)5)22-24-17-19-26(37)20-18-24/h8-20,28-29,37H,6-7,21-22H2,1-5H3,(H,34,38)(H,35,40). The van der Waals surface area contributed by atoms with E-state index in [1.165, 1.54) is 12.1 Å². The Morgan fingerprint density at radius 3 is 2.17 bits per heavy atom. The van der Waals surface area contributed by atoms with Gasteiger partial charge in [-0.25, -0.2) is 4.79 Å². The molecule has 0 aliphatic carbocycles. The molecule has 0 fully saturated rings. The number of anilines is 1. The largest absolute Gasteiger partial charge is 0.508 e. The summed E-state index contributed by atoms with van der Waals surface area (Å²) in [5.41, 5.74) is 2.18. The first-order chi connectivity index (χ1) is 19.5. The van der Waals surface area contributed by atoms with Gasteiger partial charge in [0.1, 0.15) is 23.4 Å². The van der Waals surface area contributed by atoms with Crippen LogP contribution in [0.5, 0.6) is 5.75 Å². The minimum absolute atomic E-state index is 0.0957. The number of carbonyl (C=O) groups is 3. The number of para-hydroxylation sites is 1. The Hall–Kier alpha value is -4.33. The smallest absolute Gasteiger partial charge is 0.408 e. The van der Waals surface area contributed by atoms with E-state index in [4.69, 9.17) is 4.74 Å². The molecule has 0 aliphatic rings. The van der Waals surface area contributed by atoms with Crippen molar-refractivity contribution in [2.45, 2.75) is 71.6 Å². The van der Waals surface area contributed by atoms with Crippen molar-refractivity contribution in [3.8, 4) is 5.75 Å². The first-order valence-electron chi connectivity index (χ1n) is 14.0. The average Bonchev–Trinajstić information content (AvgIpc) is 2.92. The van der Waals surface area contributed by atoms with E-state index < -0.39 is 29.7 Å². The molecule has 0 saturated carbocycles. The van der Waals surface area contributed by atoms with E-state index in [2.05, 4.69) is 10.6 Å². The van der Waals surface area contributed by atoms with Crippen LogP contribution in [0.25, 0.3) is 0 Å². The van der Waals surface area contributed by atoms with Crippen molar-refractivity contribution in [3.05, 3.63) is 95.6 Å². The summed E-state index contributed by atoms with van der Waals surface area (Å²) in [6.07, 6.45) is 0.866. The van der Waals surface area contributed by atoms with Gasteiger partial charge in [-0.1, -0.05) is 74.0 Å². The molecule has 3 aromatic carbocycles. The van der Waals surface area contributed by atoms with E-state index in [1.54, 1.807) is 37.8 Å². The number of aryl methyl sites for hydroxylation is 1. The Bertz CT molecular complexity index is 1300. The first kappa shape index (κ1) is 31.2. The van der Waals surface area contributed by atoms with Crippen molar-refractivity contribution >= 4 is 23.6 Å². The number of rotatable bonds is 11. The molecule has 0 bridgehead atoms. The Morgan fingerprint density at radius 2 is 1.56 bits per heavy atom. The lowest BCUT2D eigenvalue weighted by Gasteiger charge is -2.34.